The molecule has 1 aromatic carbocycles. The molecule has 0 radical (unpaired) electrons. The van der Waals surface area contributed by atoms with E-state index in [4.69, 9.17) is 10.5 Å². The zero-order valence-electron chi connectivity index (χ0n) is 9.73. The summed E-state index contributed by atoms with van der Waals surface area (Å²) in [6.45, 7) is 5.70. The van der Waals surface area contributed by atoms with E-state index in [1.54, 1.807) is 0 Å². The van der Waals surface area contributed by atoms with Gasteiger partial charge in [-0.05, 0) is 32.0 Å². The molecule has 0 aliphatic heterocycles. The maximum atomic E-state index is 5.72. The highest BCUT2D eigenvalue weighted by Gasteiger charge is 2.01. The number of nitrogens with zero attached hydrogens (tertiary/aromatic N) is 1. The van der Waals surface area contributed by atoms with Crippen LogP contribution in [0.15, 0.2) is 24.3 Å². The van der Waals surface area contributed by atoms with Crippen LogP contribution in [0.25, 0.3) is 0 Å². The van der Waals surface area contributed by atoms with Crippen LogP contribution in [0.4, 0.5) is 11.4 Å². The lowest BCUT2D eigenvalue weighted by molar-refractivity contribution is 0.0846. The van der Waals surface area contributed by atoms with E-state index in [9.17, 15) is 0 Å². The van der Waals surface area contributed by atoms with Crippen LogP contribution in [-0.2, 0) is 4.74 Å². The number of nitrogens with two attached hydrogens (primary N) is 1. The van der Waals surface area contributed by atoms with Crippen molar-refractivity contribution in [1.82, 2.24) is 0 Å². The molecule has 3 nitrogen and oxygen atoms in total. The molecule has 0 unspecified atom stereocenters. The van der Waals surface area contributed by atoms with Gasteiger partial charge in [-0.3, -0.25) is 0 Å². The highest BCUT2D eigenvalue weighted by molar-refractivity contribution is 5.55. The van der Waals surface area contributed by atoms with Gasteiger partial charge in [-0.25, -0.2) is 0 Å². The quantitative estimate of drug-likeness (QED) is 0.753. The molecule has 0 fully saturated rings. The first kappa shape index (κ1) is 11.9. The highest BCUT2D eigenvalue weighted by Crippen LogP contribution is 2.15. The average Bonchev–Trinajstić information content (AvgIpc) is 2.17. The van der Waals surface area contributed by atoms with Crippen LogP contribution in [0.1, 0.15) is 13.8 Å². The van der Waals surface area contributed by atoms with Gasteiger partial charge in [-0.2, -0.15) is 0 Å². The number of rotatable bonds is 5. The molecule has 1 rings (SSSR count). The fourth-order valence-electron chi connectivity index (χ4n) is 1.32. The number of anilines is 2. The maximum Gasteiger partial charge on any atom is 0.0644 e. The summed E-state index contributed by atoms with van der Waals surface area (Å²) < 4.78 is 5.49. The van der Waals surface area contributed by atoms with Gasteiger partial charge in [0.05, 0.1) is 12.7 Å². The number of nitrogen functional groups attached to an aromatic ring is 1. The molecule has 0 bridgehead atoms. The fourth-order valence-corrected chi connectivity index (χ4v) is 1.32. The van der Waals surface area contributed by atoms with Gasteiger partial charge >= 0.3 is 0 Å². The first-order valence-electron chi connectivity index (χ1n) is 5.28. The van der Waals surface area contributed by atoms with Crippen LogP contribution in [0.5, 0.6) is 0 Å². The zero-order chi connectivity index (χ0) is 11.3. The fraction of sp³-hybridized carbons (Fsp3) is 0.500. The molecule has 15 heavy (non-hydrogen) atoms. The third-order valence-electron chi connectivity index (χ3n) is 2.19. The Morgan fingerprint density at radius 3 is 2.73 bits per heavy atom. The molecule has 0 amide bonds. The van der Waals surface area contributed by atoms with Crippen molar-refractivity contribution in [1.29, 1.82) is 0 Å². The van der Waals surface area contributed by atoms with E-state index in [1.807, 2.05) is 45.2 Å². The van der Waals surface area contributed by atoms with Gasteiger partial charge in [-0.1, -0.05) is 6.07 Å². The molecular formula is C12H20N2O. The summed E-state index contributed by atoms with van der Waals surface area (Å²) in [4.78, 5) is 2.14. The Kier molecular flexibility index (Phi) is 4.43. The maximum absolute atomic E-state index is 5.72. The summed E-state index contributed by atoms with van der Waals surface area (Å²) in [5, 5.41) is 0. The predicted molar refractivity (Wildman–Crippen MR) is 65.2 cm³/mol. The molecule has 0 saturated heterocycles. The Labute approximate surface area is 91.8 Å². The van der Waals surface area contributed by atoms with Crippen molar-refractivity contribution in [2.75, 3.05) is 30.8 Å². The van der Waals surface area contributed by atoms with Gasteiger partial charge in [0.15, 0.2) is 0 Å². The second kappa shape index (κ2) is 5.61. The van der Waals surface area contributed by atoms with Crippen LogP contribution in [0, 0.1) is 0 Å². The Morgan fingerprint density at radius 2 is 2.13 bits per heavy atom. The Morgan fingerprint density at radius 1 is 1.40 bits per heavy atom. The van der Waals surface area contributed by atoms with Crippen molar-refractivity contribution >= 4 is 11.4 Å². The van der Waals surface area contributed by atoms with Crippen molar-refractivity contribution in [2.24, 2.45) is 0 Å². The van der Waals surface area contributed by atoms with Crippen molar-refractivity contribution < 1.29 is 4.74 Å². The second-order valence-electron chi connectivity index (χ2n) is 3.94. The van der Waals surface area contributed by atoms with Gasteiger partial charge in [0.25, 0.3) is 0 Å². The number of benzene rings is 1. The molecule has 3 heteroatoms. The summed E-state index contributed by atoms with van der Waals surface area (Å²) in [7, 11) is 2.04. The third kappa shape index (κ3) is 4.21. The van der Waals surface area contributed by atoms with Gasteiger partial charge < -0.3 is 15.4 Å². The first-order valence-corrected chi connectivity index (χ1v) is 5.28. The molecule has 0 spiro atoms. The van der Waals surface area contributed by atoms with Crippen molar-refractivity contribution in [3.63, 3.8) is 0 Å². The topological polar surface area (TPSA) is 38.5 Å². The lowest BCUT2D eigenvalue weighted by Gasteiger charge is -2.20. The minimum Gasteiger partial charge on any atom is -0.399 e. The van der Waals surface area contributed by atoms with Crippen LogP contribution in [0.2, 0.25) is 0 Å². The lowest BCUT2D eigenvalue weighted by atomic mass is 10.2. The Bertz CT molecular complexity index is 299. The van der Waals surface area contributed by atoms with Crippen molar-refractivity contribution in [3.8, 4) is 0 Å². The predicted octanol–water partition coefficient (Wildman–Crippen LogP) is 2.13. The summed E-state index contributed by atoms with van der Waals surface area (Å²) >= 11 is 0. The summed E-state index contributed by atoms with van der Waals surface area (Å²) in [5.41, 5.74) is 7.64. The van der Waals surface area contributed by atoms with E-state index >= 15 is 0 Å². The van der Waals surface area contributed by atoms with Gasteiger partial charge in [0, 0.05) is 25.0 Å². The normalized spacial score (nSPS) is 10.7. The van der Waals surface area contributed by atoms with Crippen molar-refractivity contribution in [2.45, 2.75) is 20.0 Å². The Balaban J connectivity index is 2.43. The first-order chi connectivity index (χ1) is 7.09. The van der Waals surface area contributed by atoms with E-state index in [1.165, 1.54) is 0 Å². The minimum absolute atomic E-state index is 0.291. The molecule has 0 aliphatic rings. The Hall–Kier alpha value is -1.22. The van der Waals surface area contributed by atoms with Gasteiger partial charge in [0.1, 0.15) is 0 Å². The standard InChI is InChI=1S/C12H20N2O/c1-10(2)15-8-7-14(3)12-6-4-5-11(13)9-12/h4-6,9-10H,7-8,13H2,1-3H3. The SMILES string of the molecule is CC(C)OCCN(C)c1cccc(N)c1. The van der Waals surface area contributed by atoms with Crippen LogP contribution in [-0.4, -0.2) is 26.3 Å². The largest absolute Gasteiger partial charge is 0.399 e. The number of ether oxygens (including phenoxy) is 1. The highest BCUT2D eigenvalue weighted by atomic mass is 16.5. The minimum atomic E-state index is 0.291. The molecule has 0 atom stereocenters. The van der Waals surface area contributed by atoms with Gasteiger partial charge in [0.2, 0.25) is 0 Å². The number of likely N-dealkylation sites (N-methyl/N-ethyl adjacent to an activating group) is 1. The summed E-state index contributed by atoms with van der Waals surface area (Å²) in [6.07, 6.45) is 0.291. The summed E-state index contributed by atoms with van der Waals surface area (Å²) in [6, 6.07) is 7.87. The smallest absolute Gasteiger partial charge is 0.0644 e. The lowest BCUT2D eigenvalue weighted by Crippen LogP contribution is -2.23. The van der Waals surface area contributed by atoms with E-state index < -0.39 is 0 Å². The summed E-state index contributed by atoms with van der Waals surface area (Å²) in [5.74, 6) is 0. The van der Waals surface area contributed by atoms with E-state index in [0.717, 1.165) is 24.5 Å². The van der Waals surface area contributed by atoms with E-state index in [2.05, 4.69) is 4.90 Å². The molecule has 2 N–H and O–H groups in total. The van der Waals surface area contributed by atoms with Crippen molar-refractivity contribution in [3.05, 3.63) is 24.3 Å². The van der Waals surface area contributed by atoms with Gasteiger partial charge in [-0.15, -0.1) is 0 Å². The third-order valence-corrected chi connectivity index (χ3v) is 2.19. The molecule has 0 heterocycles. The molecule has 0 aliphatic carbocycles. The van der Waals surface area contributed by atoms with E-state index in [0.29, 0.717) is 6.10 Å². The molecule has 0 saturated carbocycles. The molecule has 1 aromatic rings. The van der Waals surface area contributed by atoms with E-state index in [-0.39, 0.29) is 0 Å². The monoisotopic (exact) mass is 208 g/mol. The number of hydrogen-bond donors (Lipinski definition) is 1. The second-order valence-corrected chi connectivity index (χ2v) is 3.94. The average molecular weight is 208 g/mol. The molecular weight excluding hydrogens is 188 g/mol. The zero-order valence-corrected chi connectivity index (χ0v) is 9.73. The van der Waals surface area contributed by atoms with Crippen LogP contribution < -0.4 is 10.6 Å². The molecule has 0 aromatic heterocycles. The van der Waals surface area contributed by atoms with Crippen LogP contribution >= 0.6 is 0 Å². The van der Waals surface area contributed by atoms with Crippen LogP contribution in [0.3, 0.4) is 0 Å². The number of hydrogen-bond acceptors (Lipinski definition) is 3. The molecule has 84 valence electrons.